The average Bonchev–Trinajstić information content (AvgIpc) is 2.77. The van der Waals surface area contributed by atoms with Crippen LogP contribution in [0.2, 0.25) is 0 Å². The summed E-state index contributed by atoms with van der Waals surface area (Å²) < 4.78 is 0. The van der Waals surface area contributed by atoms with E-state index < -0.39 is 11.8 Å². The molecule has 0 aliphatic rings. The van der Waals surface area contributed by atoms with Crippen LogP contribution >= 0.6 is 11.3 Å². The molecule has 0 bridgehead atoms. The Morgan fingerprint density at radius 3 is 2.33 bits per heavy atom. The standard InChI is InChI=1S/C14H16N4O2S/c15-10-9(12(16)19)14(21-11(10)13(17)20)18-7-6-8-4-2-1-3-5-8/h1-5,18H,6-7,15H2,(H2,16,19)(H2,17,20). The molecule has 0 unspecified atom stereocenters. The van der Waals surface area contributed by atoms with E-state index in [0.717, 1.165) is 23.3 Å². The van der Waals surface area contributed by atoms with Gasteiger partial charge in [0.15, 0.2) is 0 Å². The summed E-state index contributed by atoms with van der Waals surface area (Å²) in [5.74, 6) is -1.35. The number of nitrogen functional groups attached to an aromatic ring is 1. The van der Waals surface area contributed by atoms with Crippen molar-refractivity contribution in [3.05, 3.63) is 46.3 Å². The van der Waals surface area contributed by atoms with Crippen LogP contribution in [0.15, 0.2) is 30.3 Å². The molecule has 0 radical (unpaired) electrons. The highest BCUT2D eigenvalue weighted by Gasteiger charge is 2.22. The maximum absolute atomic E-state index is 11.5. The highest BCUT2D eigenvalue weighted by molar-refractivity contribution is 7.19. The van der Waals surface area contributed by atoms with E-state index in [9.17, 15) is 9.59 Å². The zero-order valence-corrected chi connectivity index (χ0v) is 12.1. The van der Waals surface area contributed by atoms with Crippen LogP contribution in [0.5, 0.6) is 0 Å². The van der Waals surface area contributed by atoms with E-state index >= 15 is 0 Å². The van der Waals surface area contributed by atoms with Crippen molar-refractivity contribution in [2.24, 2.45) is 11.5 Å². The number of anilines is 2. The molecule has 1 heterocycles. The van der Waals surface area contributed by atoms with Crippen LogP contribution < -0.4 is 22.5 Å². The van der Waals surface area contributed by atoms with Gasteiger partial charge in [-0.2, -0.15) is 0 Å². The fourth-order valence-corrected chi connectivity index (χ4v) is 2.96. The lowest BCUT2D eigenvalue weighted by atomic mass is 10.1. The number of amides is 2. The second-order valence-corrected chi connectivity index (χ2v) is 5.46. The Morgan fingerprint density at radius 2 is 1.76 bits per heavy atom. The maximum Gasteiger partial charge on any atom is 0.260 e. The quantitative estimate of drug-likeness (QED) is 0.639. The van der Waals surface area contributed by atoms with E-state index in [2.05, 4.69) is 5.32 Å². The first-order valence-electron chi connectivity index (χ1n) is 6.30. The molecule has 1 aromatic carbocycles. The number of primary amides is 2. The Kier molecular flexibility index (Phi) is 4.44. The van der Waals surface area contributed by atoms with Gasteiger partial charge in [-0.1, -0.05) is 30.3 Å². The lowest BCUT2D eigenvalue weighted by Crippen LogP contribution is -2.16. The van der Waals surface area contributed by atoms with Gasteiger partial charge < -0.3 is 22.5 Å². The van der Waals surface area contributed by atoms with Gasteiger partial charge >= 0.3 is 0 Å². The minimum Gasteiger partial charge on any atom is -0.397 e. The summed E-state index contributed by atoms with van der Waals surface area (Å²) in [7, 11) is 0. The summed E-state index contributed by atoms with van der Waals surface area (Å²) in [6.07, 6.45) is 0.767. The van der Waals surface area contributed by atoms with Crippen LogP contribution in [-0.2, 0) is 6.42 Å². The highest BCUT2D eigenvalue weighted by Crippen LogP contribution is 2.35. The third-order valence-electron chi connectivity index (χ3n) is 2.96. The van der Waals surface area contributed by atoms with Gasteiger partial charge in [-0.25, -0.2) is 0 Å². The Hall–Kier alpha value is -2.54. The molecule has 0 atom stereocenters. The summed E-state index contributed by atoms with van der Waals surface area (Å²) in [5.41, 5.74) is 17.6. The third-order valence-corrected chi connectivity index (χ3v) is 4.14. The van der Waals surface area contributed by atoms with Crippen molar-refractivity contribution in [1.29, 1.82) is 0 Å². The first-order chi connectivity index (χ1) is 10.0. The Labute approximate surface area is 125 Å². The predicted octanol–water partition coefficient (Wildman–Crippen LogP) is 1.18. The normalized spacial score (nSPS) is 10.3. The average molecular weight is 304 g/mol. The van der Waals surface area contributed by atoms with E-state index in [4.69, 9.17) is 17.2 Å². The summed E-state index contributed by atoms with van der Waals surface area (Å²) >= 11 is 1.05. The largest absolute Gasteiger partial charge is 0.397 e. The monoisotopic (exact) mass is 304 g/mol. The van der Waals surface area contributed by atoms with E-state index in [1.165, 1.54) is 0 Å². The van der Waals surface area contributed by atoms with E-state index in [0.29, 0.717) is 11.5 Å². The van der Waals surface area contributed by atoms with E-state index in [1.54, 1.807) is 0 Å². The molecule has 21 heavy (non-hydrogen) atoms. The first-order valence-corrected chi connectivity index (χ1v) is 7.12. The number of hydrogen-bond acceptors (Lipinski definition) is 5. The second-order valence-electron chi connectivity index (χ2n) is 4.44. The SMILES string of the molecule is NC(=O)c1sc(NCCc2ccccc2)c(C(N)=O)c1N. The number of nitrogens with one attached hydrogen (secondary N) is 1. The van der Waals surface area contributed by atoms with Crippen LogP contribution in [0.4, 0.5) is 10.7 Å². The molecule has 0 saturated carbocycles. The molecule has 1 aromatic heterocycles. The molecule has 110 valence electrons. The third kappa shape index (κ3) is 3.32. The summed E-state index contributed by atoms with van der Waals surface area (Å²) in [5, 5.41) is 3.57. The Morgan fingerprint density at radius 1 is 1.10 bits per heavy atom. The molecular weight excluding hydrogens is 288 g/mol. The van der Waals surface area contributed by atoms with Crippen molar-refractivity contribution in [3.8, 4) is 0 Å². The Balaban J connectivity index is 2.14. The van der Waals surface area contributed by atoms with Gasteiger partial charge in [-0.3, -0.25) is 9.59 Å². The number of thiophene rings is 1. The minimum absolute atomic E-state index is 0.0437. The van der Waals surface area contributed by atoms with Gasteiger partial charge in [-0.05, 0) is 12.0 Å². The lowest BCUT2D eigenvalue weighted by Gasteiger charge is -2.06. The molecule has 2 aromatic rings. The van der Waals surface area contributed by atoms with Crippen molar-refractivity contribution < 1.29 is 9.59 Å². The molecule has 7 N–H and O–H groups in total. The molecule has 2 rings (SSSR count). The fraction of sp³-hybridized carbons (Fsp3) is 0.143. The molecule has 0 aliphatic carbocycles. The molecule has 2 amide bonds. The maximum atomic E-state index is 11.5. The van der Waals surface area contributed by atoms with Crippen molar-refractivity contribution in [1.82, 2.24) is 0 Å². The van der Waals surface area contributed by atoms with Crippen LogP contribution in [0.1, 0.15) is 25.6 Å². The predicted molar refractivity (Wildman–Crippen MR) is 84.4 cm³/mol. The van der Waals surface area contributed by atoms with Crippen molar-refractivity contribution in [2.45, 2.75) is 6.42 Å². The van der Waals surface area contributed by atoms with Crippen LogP contribution in [-0.4, -0.2) is 18.4 Å². The van der Waals surface area contributed by atoms with Gasteiger partial charge in [-0.15, -0.1) is 11.3 Å². The number of benzene rings is 1. The zero-order chi connectivity index (χ0) is 15.4. The molecule has 0 spiro atoms. The number of carbonyl (C=O) groups excluding carboxylic acids is 2. The van der Waals surface area contributed by atoms with Crippen molar-refractivity contribution in [3.63, 3.8) is 0 Å². The van der Waals surface area contributed by atoms with Crippen LogP contribution in [0, 0.1) is 0 Å². The fourth-order valence-electron chi connectivity index (χ4n) is 1.96. The number of carbonyl (C=O) groups is 2. The molecule has 7 heteroatoms. The van der Waals surface area contributed by atoms with Crippen LogP contribution in [0.3, 0.4) is 0 Å². The summed E-state index contributed by atoms with van der Waals surface area (Å²) in [6.45, 7) is 0.586. The van der Waals surface area contributed by atoms with Crippen molar-refractivity contribution in [2.75, 3.05) is 17.6 Å². The zero-order valence-electron chi connectivity index (χ0n) is 11.3. The molecule has 0 saturated heterocycles. The topological polar surface area (TPSA) is 124 Å². The van der Waals surface area contributed by atoms with Crippen LogP contribution in [0.25, 0.3) is 0 Å². The first kappa shape index (κ1) is 14.9. The lowest BCUT2D eigenvalue weighted by molar-refractivity contribution is 0.0999. The number of nitrogens with two attached hydrogens (primary N) is 3. The smallest absolute Gasteiger partial charge is 0.260 e. The van der Waals surface area contributed by atoms with E-state index in [-0.39, 0.29) is 16.1 Å². The number of hydrogen-bond donors (Lipinski definition) is 4. The van der Waals surface area contributed by atoms with Gasteiger partial charge in [0.2, 0.25) is 0 Å². The van der Waals surface area contributed by atoms with Gasteiger partial charge in [0, 0.05) is 6.54 Å². The molecule has 6 nitrogen and oxygen atoms in total. The number of rotatable bonds is 6. The summed E-state index contributed by atoms with van der Waals surface area (Å²) in [6, 6.07) is 9.88. The molecule has 0 aliphatic heterocycles. The highest BCUT2D eigenvalue weighted by atomic mass is 32.1. The molecule has 0 fully saturated rings. The Bertz CT molecular complexity index is 667. The second kappa shape index (κ2) is 6.27. The van der Waals surface area contributed by atoms with Gasteiger partial charge in [0.05, 0.1) is 11.3 Å². The molecular formula is C14H16N4O2S. The van der Waals surface area contributed by atoms with Gasteiger partial charge in [0.1, 0.15) is 9.88 Å². The van der Waals surface area contributed by atoms with E-state index in [1.807, 2.05) is 30.3 Å². The van der Waals surface area contributed by atoms with Crippen molar-refractivity contribution >= 4 is 33.8 Å². The summed E-state index contributed by atoms with van der Waals surface area (Å²) in [4.78, 5) is 22.9. The van der Waals surface area contributed by atoms with Gasteiger partial charge in [0.25, 0.3) is 11.8 Å². The minimum atomic E-state index is -0.682.